The normalized spacial score (nSPS) is 12.4. The SMILES string of the molecule is CCc1cccc(C(=O)c2c(C(C)C)n(C/C=C/c3cccc(CO[C@@H](OC)C(=O)O)c3)c3c(F)cccc23)c1. The van der Waals surface area contributed by atoms with Gasteiger partial charge in [-0.15, -0.1) is 0 Å². The number of nitrogens with zero attached hydrogens (tertiary/aromatic N) is 1. The van der Waals surface area contributed by atoms with Gasteiger partial charge in [0.2, 0.25) is 0 Å². The van der Waals surface area contributed by atoms with Gasteiger partial charge in [0.15, 0.2) is 5.78 Å². The molecule has 208 valence electrons. The Morgan fingerprint density at radius 2 is 1.75 bits per heavy atom. The largest absolute Gasteiger partial charge is 0.477 e. The fourth-order valence-corrected chi connectivity index (χ4v) is 4.98. The van der Waals surface area contributed by atoms with E-state index in [1.165, 1.54) is 13.2 Å². The number of allylic oxidation sites excluding steroid dienone is 1. The van der Waals surface area contributed by atoms with Gasteiger partial charge in [0, 0.05) is 30.3 Å². The second kappa shape index (κ2) is 12.9. The second-order valence-corrected chi connectivity index (χ2v) is 9.91. The summed E-state index contributed by atoms with van der Waals surface area (Å²) in [5.74, 6) is -1.71. The number of hydrogen-bond acceptors (Lipinski definition) is 4. The number of para-hydroxylation sites is 1. The van der Waals surface area contributed by atoms with E-state index in [1.54, 1.807) is 6.07 Å². The van der Waals surface area contributed by atoms with Crippen molar-refractivity contribution in [3.8, 4) is 0 Å². The van der Waals surface area contributed by atoms with Crippen LogP contribution < -0.4 is 0 Å². The Labute approximate surface area is 233 Å². The minimum Gasteiger partial charge on any atom is -0.477 e. The summed E-state index contributed by atoms with van der Waals surface area (Å²) in [7, 11) is 1.28. The fraction of sp³-hybridized carbons (Fsp3) is 0.273. The molecular weight excluding hydrogens is 509 g/mol. The lowest BCUT2D eigenvalue weighted by molar-refractivity contribution is -0.185. The highest BCUT2D eigenvalue weighted by atomic mass is 19.1. The van der Waals surface area contributed by atoms with Crippen LogP contribution in [0, 0.1) is 5.82 Å². The number of aryl methyl sites for hydroxylation is 1. The number of carbonyl (C=O) groups is 2. The lowest BCUT2D eigenvalue weighted by atomic mass is 9.95. The Morgan fingerprint density at radius 1 is 1.02 bits per heavy atom. The van der Waals surface area contributed by atoms with Crippen LogP contribution in [0.5, 0.6) is 0 Å². The number of methoxy groups -OCH3 is 1. The summed E-state index contributed by atoms with van der Waals surface area (Å²) in [6.45, 7) is 6.51. The van der Waals surface area contributed by atoms with Gasteiger partial charge < -0.3 is 19.1 Å². The minimum atomic E-state index is -1.34. The maximum atomic E-state index is 15.3. The number of carboxylic acids is 1. The van der Waals surface area contributed by atoms with Gasteiger partial charge in [-0.3, -0.25) is 4.79 Å². The number of fused-ring (bicyclic) bond motifs is 1. The standard InChI is InChI=1S/C33H34FNO5/c1-5-22-10-7-14-25(19-22)31(36)28-26-15-8-16-27(34)30(26)35(29(28)21(2)3)17-9-13-23-11-6-12-24(18-23)20-40-33(39-4)32(37)38/h6-16,18-19,21,33H,5,17,20H2,1-4H3,(H,37,38)/b13-9+/t33-/m1/s1. The first-order chi connectivity index (χ1) is 19.2. The van der Waals surface area contributed by atoms with Crippen molar-refractivity contribution in [1.29, 1.82) is 0 Å². The van der Waals surface area contributed by atoms with E-state index in [9.17, 15) is 9.59 Å². The molecule has 0 aliphatic rings. The third-order valence-corrected chi connectivity index (χ3v) is 6.81. The molecule has 0 amide bonds. The highest BCUT2D eigenvalue weighted by Gasteiger charge is 2.26. The first-order valence-electron chi connectivity index (χ1n) is 13.3. The molecular formula is C33H34FNO5. The van der Waals surface area contributed by atoms with Crippen LogP contribution in [0.25, 0.3) is 17.0 Å². The number of ether oxygens (including phenoxy) is 2. The second-order valence-electron chi connectivity index (χ2n) is 9.91. The molecule has 4 aromatic rings. The number of aromatic nitrogens is 1. The van der Waals surface area contributed by atoms with Gasteiger partial charge in [0.25, 0.3) is 6.29 Å². The van der Waals surface area contributed by atoms with Crippen LogP contribution >= 0.6 is 0 Å². The number of benzene rings is 3. The van der Waals surface area contributed by atoms with Crippen LogP contribution in [-0.2, 0) is 33.8 Å². The van der Waals surface area contributed by atoms with Gasteiger partial charge in [-0.25, -0.2) is 9.18 Å². The highest BCUT2D eigenvalue weighted by Crippen LogP contribution is 2.34. The average molecular weight is 544 g/mol. The number of aliphatic carboxylic acids is 1. The monoisotopic (exact) mass is 543 g/mol. The number of rotatable bonds is 12. The van der Waals surface area contributed by atoms with E-state index >= 15 is 4.39 Å². The molecule has 3 aromatic carbocycles. The van der Waals surface area contributed by atoms with Gasteiger partial charge in [-0.05, 0) is 47.2 Å². The first kappa shape index (κ1) is 28.9. The number of carboxylic acid groups (broad SMARTS) is 1. The molecule has 0 saturated carbocycles. The van der Waals surface area contributed by atoms with E-state index in [1.807, 2.05) is 92.1 Å². The van der Waals surface area contributed by atoms with Gasteiger partial charge in [0.05, 0.1) is 17.7 Å². The van der Waals surface area contributed by atoms with E-state index in [2.05, 4.69) is 0 Å². The quantitative estimate of drug-likeness (QED) is 0.154. The van der Waals surface area contributed by atoms with Crippen molar-refractivity contribution >= 4 is 28.7 Å². The molecule has 0 aliphatic carbocycles. The molecule has 7 heteroatoms. The smallest absolute Gasteiger partial charge is 0.361 e. The molecule has 0 unspecified atom stereocenters. The molecule has 0 saturated heterocycles. The molecule has 0 aliphatic heterocycles. The number of halogens is 1. The molecule has 0 fully saturated rings. The first-order valence-corrected chi connectivity index (χ1v) is 13.3. The van der Waals surface area contributed by atoms with Crippen molar-refractivity contribution in [2.75, 3.05) is 7.11 Å². The van der Waals surface area contributed by atoms with Crippen molar-refractivity contribution < 1.29 is 28.6 Å². The van der Waals surface area contributed by atoms with E-state index in [0.29, 0.717) is 28.6 Å². The van der Waals surface area contributed by atoms with Crippen LogP contribution in [0.2, 0.25) is 0 Å². The molecule has 0 radical (unpaired) electrons. The van der Waals surface area contributed by atoms with Gasteiger partial charge in [0.1, 0.15) is 5.82 Å². The number of hydrogen-bond donors (Lipinski definition) is 1. The fourth-order valence-electron chi connectivity index (χ4n) is 4.98. The summed E-state index contributed by atoms with van der Waals surface area (Å²) >= 11 is 0. The molecule has 1 heterocycles. The maximum Gasteiger partial charge on any atom is 0.361 e. The third-order valence-electron chi connectivity index (χ3n) is 6.81. The Morgan fingerprint density at radius 3 is 2.45 bits per heavy atom. The number of carbonyl (C=O) groups excluding carboxylic acids is 1. The lowest BCUT2D eigenvalue weighted by Crippen LogP contribution is -2.25. The minimum absolute atomic E-state index is 0.0306. The molecule has 6 nitrogen and oxygen atoms in total. The topological polar surface area (TPSA) is 77.8 Å². The summed E-state index contributed by atoms with van der Waals surface area (Å²) in [5, 5.41) is 9.71. The average Bonchev–Trinajstić information content (AvgIpc) is 3.28. The molecule has 4 rings (SSSR count). The Balaban J connectivity index is 1.68. The molecule has 1 atom stereocenters. The van der Waals surface area contributed by atoms with E-state index < -0.39 is 12.3 Å². The summed E-state index contributed by atoms with van der Waals surface area (Å²) in [6.07, 6.45) is 3.32. The maximum absolute atomic E-state index is 15.3. The van der Waals surface area contributed by atoms with Gasteiger partial charge in [-0.2, -0.15) is 0 Å². The summed E-state index contributed by atoms with van der Waals surface area (Å²) < 4.78 is 27.3. The van der Waals surface area contributed by atoms with Gasteiger partial charge in [-0.1, -0.05) is 81.5 Å². The molecule has 1 aromatic heterocycles. The molecule has 0 bridgehead atoms. The van der Waals surface area contributed by atoms with E-state index in [0.717, 1.165) is 28.8 Å². The van der Waals surface area contributed by atoms with Crippen LogP contribution in [0.1, 0.15) is 65.0 Å². The van der Waals surface area contributed by atoms with Crippen molar-refractivity contribution in [3.05, 3.63) is 112 Å². The van der Waals surface area contributed by atoms with Crippen molar-refractivity contribution in [2.24, 2.45) is 0 Å². The van der Waals surface area contributed by atoms with Crippen LogP contribution in [0.4, 0.5) is 4.39 Å². The summed E-state index contributed by atoms with van der Waals surface area (Å²) in [6, 6.07) is 20.0. The predicted octanol–water partition coefficient (Wildman–Crippen LogP) is 6.98. The zero-order valence-electron chi connectivity index (χ0n) is 23.2. The van der Waals surface area contributed by atoms with Crippen molar-refractivity contribution in [3.63, 3.8) is 0 Å². The Hall–Kier alpha value is -4.07. The van der Waals surface area contributed by atoms with Crippen molar-refractivity contribution in [2.45, 2.75) is 52.6 Å². The van der Waals surface area contributed by atoms with Crippen LogP contribution in [0.3, 0.4) is 0 Å². The Kier molecular flexibility index (Phi) is 9.30. The molecule has 0 spiro atoms. The molecule has 40 heavy (non-hydrogen) atoms. The summed E-state index contributed by atoms with van der Waals surface area (Å²) in [4.78, 5) is 25.0. The van der Waals surface area contributed by atoms with E-state index in [-0.39, 0.29) is 24.1 Å². The third kappa shape index (κ3) is 6.22. The molecule has 1 N–H and O–H groups in total. The zero-order chi connectivity index (χ0) is 28.8. The van der Waals surface area contributed by atoms with Crippen molar-refractivity contribution in [1.82, 2.24) is 4.57 Å². The van der Waals surface area contributed by atoms with Crippen LogP contribution in [0.15, 0.2) is 72.8 Å². The van der Waals surface area contributed by atoms with Gasteiger partial charge >= 0.3 is 5.97 Å². The van der Waals surface area contributed by atoms with Crippen LogP contribution in [-0.4, -0.2) is 34.8 Å². The summed E-state index contributed by atoms with van der Waals surface area (Å²) in [5.41, 5.74) is 5.07. The zero-order valence-corrected chi connectivity index (χ0v) is 23.2. The lowest BCUT2D eigenvalue weighted by Gasteiger charge is -2.14. The Bertz CT molecular complexity index is 1550. The highest BCUT2D eigenvalue weighted by molar-refractivity contribution is 6.17. The van der Waals surface area contributed by atoms with E-state index in [4.69, 9.17) is 14.6 Å². The predicted molar refractivity (Wildman–Crippen MR) is 154 cm³/mol. The number of ketones is 1.